The summed E-state index contributed by atoms with van der Waals surface area (Å²) in [7, 11) is 1.80. The number of fused-ring (bicyclic) bond motifs is 2. The summed E-state index contributed by atoms with van der Waals surface area (Å²) >= 11 is 1.70. The third-order valence-electron chi connectivity index (χ3n) is 5.05. The van der Waals surface area contributed by atoms with Gasteiger partial charge >= 0.3 is 0 Å². The Morgan fingerprint density at radius 3 is 2.86 bits per heavy atom. The minimum absolute atomic E-state index is 0.0599. The molecule has 1 aromatic carbocycles. The minimum Gasteiger partial charge on any atom is -0.337 e. The lowest BCUT2D eigenvalue weighted by molar-refractivity contribution is -0.125. The third kappa shape index (κ3) is 3.31. The fourth-order valence-electron chi connectivity index (χ4n) is 3.26. The highest BCUT2D eigenvalue weighted by molar-refractivity contribution is 7.19. The first-order chi connectivity index (χ1) is 13.3. The number of carbonyl (C=O) groups is 2. The molecule has 0 fully saturated rings. The van der Waals surface area contributed by atoms with Crippen molar-refractivity contribution in [1.82, 2.24) is 9.88 Å². The molecule has 1 N–H and O–H groups in total. The molecule has 1 aliphatic heterocycles. The molecule has 0 unspecified atom stereocenters. The highest BCUT2D eigenvalue weighted by Gasteiger charge is 2.39. The number of carbonyl (C=O) groups excluding carboxylic acids is 2. The van der Waals surface area contributed by atoms with Crippen LogP contribution in [0.1, 0.15) is 29.9 Å². The first-order valence-corrected chi connectivity index (χ1v) is 9.89. The zero-order chi connectivity index (χ0) is 19.9. The van der Waals surface area contributed by atoms with Gasteiger partial charge in [0.25, 0.3) is 0 Å². The number of rotatable bonds is 4. The van der Waals surface area contributed by atoms with Crippen molar-refractivity contribution < 1.29 is 9.59 Å². The van der Waals surface area contributed by atoms with Gasteiger partial charge in [-0.25, -0.2) is 4.98 Å². The van der Waals surface area contributed by atoms with E-state index in [0.717, 1.165) is 16.0 Å². The highest BCUT2D eigenvalue weighted by Crippen LogP contribution is 2.36. The van der Waals surface area contributed by atoms with Crippen molar-refractivity contribution in [3.8, 4) is 0 Å². The predicted molar refractivity (Wildman–Crippen MR) is 113 cm³/mol. The van der Waals surface area contributed by atoms with Crippen LogP contribution in [0, 0.1) is 0 Å². The molecule has 0 saturated carbocycles. The van der Waals surface area contributed by atoms with Crippen molar-refractivity contribution >= 4 is 45.1 Å². The summed E-state index contributed by atoms with van der Waals surface area (Å²) in [6.07, 6.45) is 4.96. The average molecular weight is 391 g/mol. The molecule has 5 nitrogen and oxygen atoms in total. The summed E-state index contributed by atoms with van der Waals surface area (Å²) in [5.74, 6) is 0.460. The number of pyridine rings is 1. The Hall–Kier alpha value is -2.99. The fourth-order valence-corrected chi connectivity index (χ4v) is 4.37. The van der Waals surface area contributed by atoms with Crippen LogP contribution in [0.25, 0.3) is 16.2 Å². The molecule has 1 aliphatic rings. The van der Waals surface area contributed by atoms with Crippen LogP contribution in [0.15, 0.2) is 48.7 Å². The number of likely N-dealkylation sites (N-methyl/N-ethyl adjacent to an activating group) is 1. The molecular weight excluding hydrogens is 370 g/mol. The van der Waals surface area contributed by atoms with Gasteiger partial charge in [0, 0.05) is 34.5 Å². The number of hydrogen-bond acceptors (Lipinski definition) is 4. The van der Waals surface area contributed by atoms with E-state index >= 15 is 0 Å². The Balaban J connectivity index is 1.46. The van der Waals surface area contributed by atoms with E-state index in [2.05, 4.69) is 28.5 Å². The smallest absolute Gasteiger partial charge is 0.246 e. The van der Waals surface area contributed by atoms with E-state index < -0.39 is 5.41 Å². The van der Waals surface area contributed by atoms with Crippen LogP contribution in [0.2, 0.25) is 0 Å². The summed E-state index contributed by atoms with van der Waals surface area (Å²) < 4.78 is 1.23. The van der Waals surface area contributed by atoms with E-state index in [1.165, 1.54) is 10.1 Å². The SMILES string of the molecule is CN(Cc1cc2ccccc2s1)C(=O)/C=C/c1cnc2c(c1)C(C)(C)C(=O)N2. The second-order valence-electron chi connectivity index (χ2n) is 7.52. The number of thiophene rings is 1. The van der Waals surface area contributed by atoms with Gasteiger partial charge in [0.2, 0.25) is 11.8 Å². The summed E-state index contributed by atoms with van der Waals surface area (Å²) in [4.78, 5) is 31.7. The van der Waals surface area contributed by atoms with E-state index in [9.17, 15) is 9.59 Å². The van der Waals surface area contributed by atoms with Gasteiger partial charge in [-0.15, -0.1) is 11.3 Å². The van der Waals surface area contributed by atoms with Crippen LogP contribution >= 0.6 is 11.3 Å². The normalized spacial score (nSPS) is 15.0. The number of hydrogen-bond donors (Lipinski definition) is 1. The maximum Gasteiger partial charge on any atom is 0.246 e. The van der Waals surface area contributed by atoms with Crippen molar-refractivity contribution in [1.29, 1.82) is 0 Å². The zero-order valence-corrected chi connectivity index (χ0v) is 16.8. The maximum atomic E-state index is 12.5. The molecule has 142 valence electrons. The van der Waals surface area contributed by atoms with E-state index in [1.807, 2.05) is 32.0 Å². The first-order valence-electron chi connectivity index (χ1n) is 9.07. The predicted octanol–water partition coefficient (Wildman–Crippen LogP) is 4.20. The van der Waals surface area contributed by atoms with Crippen LogP contribution in [0.4, 0.5) is 5.82 Å². The molecule has 2 aromatic heterocycles. The molecule has 0 radical (unpaired) electrons. The molecule has 6 heteroatoms. The van der Waals surface area contributed by atoms with Gasteiger partial charge in [-0.05, 0) is 49.1 Å². The molecule has 4 rings (SSSR count). The number of nitrogens with zero attached hydrogens (tertiary/aromatic N) is 2. The Kier molecular flexibility index (Phi) is 4.51. The van der Waals surface area contributed by atoms with Crippen LogP contribution in [0.5, 0.6) is 0 Å². The molecule has 0 atom stereocenters. The summed E-state index contributed by atoms with van der Waals surface area (Å²) in [6, 6.07) is 12.3. The molecule has 28 heavy (non-hydrogen) atoms. The van der Waals surface area contributed by atoms with Gasteiger partial charge in [0.15, 0.2) is 0 Å². The Morgan fingerprint density at radius 1 is 1.29 bits per heavy atom. The number of benzene rings is 1. The molecule has 3 aromatic rings. The van der Waals surface area contributed by atoms with Crippen LogP contribution in [-0.2, 0) is 21.5 Å². The second kappa shape index (κ2) is 6.87. The maximum absolute atomic E-state index is 12.5. The first kappa shape index (κ1) is 18.4. The largest absolute Gasteiger partial charge is 0.337 e. The number of amides is 2. The number of nitrogens with one attached hydrogen (secondary N) is 1. The van der Waals surface area contributed by atoms with Crippen LogP contribution < -0.4 is 5.32 Å². The van der Waals surface area contributed by atoms with E-state index in [-0.39, 0.29) is 11.8 Å². The summed E-state index contributed by atoms with van der Waals surface area (Å²) in [5.41, 5.74) is 1.03. The average Bonchev–Trinajstić information content (AvgIpc) is 3.17. The lowest BCUT2D eigenvalue weighted by Gasteiger charge is -2.15. The van der Waals surface area contributed by atoms with Gasteiger partial charge in [0.1, 0.15) is 5.82 Å². The lowest BCUT2D eigenvalue weighted by Crippen LogP contribution is -2.26. The fraction of sp³-hybridized carbons (Fsp3) is 0.227. The Labute approximate surface area is 167 Å². The molecule has 2 amide bonds. The van der Waals surface area contributed by atoms with Crippen molar-refractivity contribution in [2.45, 2.75) is 25.8 Å². The Morgan fingerprint density at radius 2 is 2.07 bits per heavy atom. The van der Waals surface area contributed by atoms with E-state index in [0.29, 0.717) is 12.4 Å². The quantitative estimate of drug-likeness (QED) is 0.678. The zero-order valence-electron chi connectivity index (χ0n) is 16.0. The Bertz CT molecular complexity index is 1080. The molecule has 3 heterocycles. The van der Waals surface area contributed by atoms with Crippen molar-refractivity contribution in [3.05, 3.63) is 64.7 Å². The van der Waals surface area contributed by atoms with Crippen LogP contribution in [-0.4, -0.2) is 28.7 Å². The van der Waals surface area contributed by atoms with Gasteiger partial charge in [-0.2, -0.15) is 0 Å². The highest BCUT2D eigenvalue weighted by atomic mass is 32.1. The topological polar surface area (TPSA) is 62.3 Å². The molecular formula is C22H21N3O2S. The molecule has 0 spiro atoms. The second-order valence-corrected chi connectivity index (χ2v) is 8.69. The van der Waals surface area contributed by atoms with Gasteiger partial charge < -0.3 is 10.2 Å². The van der Waals surface area contributed by atoms with Crippen molar-refractivity contribution in [2.75, 3.05) is 12.4 Å². The molecule has 0 saturated heterocycles. The van der Waals surface area contributed by atoms with Gasteiger partial charge in [-0.3, -0.25) is 9.59 Å². The minimum atomic E-state index is -0.617. The lowest BCUT2D eigenvalue weighted by atomic mass is 9.86. The number of anilines is 1. The van der Waals surface area contributed by atoms with E-state index in [1.54, 1.807) is 41.6 Å². The monoisotopic (exact) mass is 391 g/mol. The van der Waals surface area contributed by atoms with E-state index in [4.69, 9.17) is 0 Å². The van der Waals surface area contributed by atoms with Gasteiger partial charge in [-0.1, -0.05) is 18.2 Å². The van der Waals surface area contributed by atoms with Crippen LogP contribution in [0.3, 0.4) is 0 Å². The van der Waals surface area contributed by atoms with Crippen molar-refractivity contribution in [2.24, 2.45) is 0 Å². The standard InChI is InChI=1S/C22H21N3O2S/c1-22(2)17-10-14(12-23-20(17)24-21(22)27)8-9-19(26)25(3)13-16-11-15-6-4-5-7-18(15)28-16/h4-12H,13H2,1-3H3,(H,23,24,27)/b9-8+. The molecule has 0 bridgehead atoms. The number of aromatic nitrogens is 1. The molecule has 0 aliphatic carbocycles. The van der Waals surface area contributed by atoms with Gasteiger partial charge in [0.05, 0.1) is 12.0 Å². The summed E-state index contributed by atoms with van der Waals surface area (Å²) in [6.45, 7) is 4.30. The van der Waals surface area contributed by atoms with Crippen molar-refractivity contribution in [3.63, 3.8) is 0 Å². The third-order valence-corrected chi connectivity index (χ3v) is 6.15. The summed E-state index contributed by atoms with van der Waals surface area (Å²) in [5, 5.41) is 3.99.